The summed E-state index contributed by atoms with van der Waals surface area (Å²) >= 11 is 0. The molecule has 3 rings (SSSR count). The van der Waals surface area contributed by atoms with Crippen LogP contribution in [0.3, 0.4) is 0 Å². The number of anilines is 1. The summed E-state index contributed by atoms with van der Waals surface area (Å²) in [6, 6.07) is 21.8. The first-order chi connectivity index (χ1) is 12.9. The van der Waals surface area contributed by atoms with Crippen LogP contribution in [0.15, 0.2) is 83.8 Å². The van der Waals surface area contributed by atoms with Gasteiger partial charge in [-0.3, -0.25) is 14.4 Å². The number of hydrogen-bond acceptors (Lipinski definition) is 4. The normalized spacial score (nSPS) is 11.1. The van der Waals surface area contributed by atoms with Gasteiger partial charge in [0.05, 0.1) is 15.5 Å². The second-order valence-corrected chi connectivity index (χ2v) is 7.67. The fourth-order valence-corrected chi connectivity index (χ4v) is 4.44. The Labute approximate surface area is 157 Å². The van der Waals surface area contributed by atoms with Crippen LogP contribution in [-0.4, -0.2) is 19.9 Å². The highest BCUT2D eigenvalue weighted by atomic mass is 32.2. The molecule has 27 heavy (non-hydrogen) atoms. The third-order valence-corrected chi connectivity index (χ3v) is 6.05. The standard InChI is InChI=1S/C20H18N2O4S/c1-2-21(27(25,26)18-12-8-11-17(15-18)22(23)24)20-14-7-6-13-19(20)16-9-4-3-5-10-16/h3-15H,2H2,1H3. The highest BCUT2D eigenvalue weighted by Gasteiger charge is 2.27. The van der Waals surface area contributed by atoms with E-state index in [1.165, 1.54) is 22.5 Å². The van der Waals surface area contributed by atoms with E-state index in [-0.39, 0.29) is 17.1 Å². The Kier molecular flexibility index (Phi) is 5.23. The van der Waals surface area contributed by atoms with Crippen molar-refractivity contribution in [3.05, 3.63) is 89.0 Å². The maximum absolute atomic E-state index is 13.2. The van der Waals surface area contributed by atoms with E-state index in [0.717, 1.165) is 17.2 Å². The molecular formula is C20H18N2O4S. The number of rotatable bonds is 6. The predicted octanol–water partition coefficient (Wildman–Crippen LogP) is 4.48. The van der Waals surface area contributed by atoms with Gasteiger partial charge >= 0.3 is 0 Å². The number of para-hydroxylation sites is 1. The summed E-state index contributed by atoms with van der Waals surface area (Å²) in [5.74, 6) is 0. The van der Waals surface area contributed by atoms with Crippen LogP contribution < -0.4 is 4.31 Å². The third-order valence-electron chi connectivity index (χ3n) is 4.16. The topological polar surface area (TPSA) is 80.5 Å². The summed E-state index contributed by atoms with van der Waals surface area (Å²) in [6.45, 7) is 1.92. The van der Waals surface area contributed by atoms with Gasteiger partial charge in [-0.15, -0.1) is 0 Å². The van der Waals surface area contributed by atoms with Gasteiger partial charge in [0.2, 0.25) is 0 Å². The molecule has 0 aliphatic heterocycles. The molecule has 0 heterocycles. The summed E-state index contributed by atoms with van der Waals surface area (Å²) in [4.78, 5) is 10.3. The second-order valence-electron chi connectivity index (χ2n) is 5.81. The maximum atomic E-state index is 13.2. The highest BCUT2D eigenvalue weighted by molar-refractivity contribution is 7.92. The van der Waals surface area contributed by atoms with Crippen LogP contribution in [0.25, 0.3) is 11.1 Å². The summed E-state index contributed by atoms with van der Waals surface area (Å²) in [5.41, 5.74) is 1.93. The van der Waals surface area contributed by atoms with Gasteiger partial charge in [-0.25, -0.2) is 8.42 Å². The Hall–Kier alpha value is -3.19. The molecule has 0 amide bonds. The Morgan fingerprint density at radius 1 is 0.926 bits per heavy atom. The molecule has 0 radical (unpaired) electrons. The summed E-state index contributed by atoms with van der Waals surface area (Å²) < 4.78 is 27.7. The molecule has 0 aliphatic rings. The van der Waals surface area contributed by atoms with Gasteiger partial charge in [-0.05, 0) is 24.6 Å². The zero-order valence-electron chi connectivity index (χ0n) is 14.6. The van der Waals surface area contributed by atoms with Gasteiger partial charge in [-0.2, -0.15) is 0 Å². The van der Waals surface area contributed by atoms with Crippen LogP contribution >= 0.6 is 0 Å². The fraction of sp³-hybridized carbons (Fsp3) is 0.100. The van der Waals surface area contributed by atoms with E-state index in [2.05, 4.69) is 0 Å². The van der Waals surface area contributed by atoms with Crippen LogP contribution in [-0.2, 0) is 10.0 Å². The molecule has 0 aromatic heterocycles. The minimum absolute atomic E-state index is 0.110. The number of nitro benzene ring substituents is 1. The van der Waals surface area contributed by atoms with E-state index in [0.29, 0.717) is 5.69 Å². The SMILES string of the molecule is CCN(c1ccccc1-c1ccccc1)S(=O)(=O)c1cccc([N+](=O)[O-])c1. The number of benzene rings is 3. The van der Waals surface area contributed by atoms with Crippen LogP contribution in [0.1, 0.15) is 6.92 Å². The van der Waals surface area contributed by atoms with Crippen LogP contribution in [0.4, 0.5) is 11.4 Å². The molecule has 0 saturated carbocycles. The highest BCUT2D eigenvalue weighted by Crippen LogP contribution is 2.34. The molecule has 0 fully saturated rings. The van der Waals surface area contributed by atoms with E-state index in [4.69, 9.17) is 0 Å². The van der Waals surface area contributed by atoms with Crippen molar-refractivity contribution < 1.29 is 13.3 Å². The number of nitrogens with zero attached hydrogens (tertiary/aromatic N) is 2. The molecule has 0 aliphatic carbocycles. The predicted molar refractivity (Wildman–Crippen MR) is 105 cm³/mol. The van der Waals surface area contributed by atoms with Gasteiger partial charge in [0.1, 0.15) is 0 Å². The van der Waals surface area contributed by atoms with E-state index in [1.54, 1.807) is 19.1 Å². The first-order valence-electron chi connectivity index (χ1n) is 8.37. The smallest absolute Gasteiger partial charge is 0.266 e. The Bertz CT molecular complexity index is 1070. The van der Waals surface area contributed by atoms with Crippen molar-refractivity contribution >= 4 is 21.4 Å². The van der Waals surface area contributed by atoms with Crippen molar-refractivity contribution in [3.8, 4) is 11.1 Å². The largest absolute Gasteiger partial charge is 0.270 e. The van der Waals surface area contributed by atoms with Crippen molar-refractivity contribution in [1.82, 2.24) is 0 Å². The van der Waals surface area contributed by atoms with Gasteiger partial charge in [0, 0.05) is 24.2 Å². The average Bonchev–Trinajstić information content (AvgIpc) is 2.69. The quantitative estimate of drug-likeness (QED) is 0.465. The third kappa shape index (κ3) is 3.68. The molecule has 138 valence electrons. The minimum Gasteiger partial charge on any atom is -0.266 e. The van der Waals surface area contributed by atoms with E-state index in [9.17, 15) is 18.5 Å². The number of sulfonamides is 1. The zero-order valence-corrected chi connectivity index (χ0v) is 15.5. The fourth-order valence-electron chi connectivity index (χ4n) is 2.91. The van der Waals surface area contributed by atoms with Gasteiger partial charge in [-0.1, -0.05) is 54.6 Å². The molecular weight excluding hydrogens is 364 g/mol. The minimum atomic E-state index is -3.96. The number of hydrogen-bond donors (Lipinski definition) is 0. The van der Waals surface area contributed by atoms with Crippen molar-refractivity contribution in [2.75, 3.05) is 10.8 Å². The van der Waals surface area contributed by atoms with E-state index < -0.39 is 14.9 Å². The van der Waals surface area contributed by atoms with Crippen molar-refractivity contribution in [3.63, 3.8) is 0 Å². The van der Waals surface area contributed by atoms with Crippen molar-refractivity contribution in [1.29, 1.82) is 0 Å². The second kappa shape index (κ2) is 7.59. The Morgan fingerprint density at radius 3 is 2.26 bits per heavy atom. The molecule has 0 saturated heterocycles. The molecule has 3 aromatic carbocycles. The lowest BCUT2D eigenvalue weighted by Crippen LogP contribution is -2.31. The lowest BCUT2D eigenvalue weighted by Gasteiger charge is -2.25. The molecule has 0 spiro atoms. The lowest BCUT2D eigenvalue weighted by atomic mass is 10.0. The number of non-ortho nitro benzene ring substituents is 1. The van der Waals surface area contributed by atoms with Crippen LogP contribution in [0, 0.1) is 10.1 Å². The Morgan fingerprint density at radius 2 is 1.59 bits per heavy atom. The van der Waals surface area contributed by atoms with Gasteiger partial charge in [0.25, 0.3) is 15.7 Å². The molecule has 0 bridgehead atoms. The molecule has 0 unspecified atom stereocenters. The van der Waals surface area contributed by atoms with E-state index in [1.807, 2.05) is 42.5 Å². The first kappa shape index (κ1) is 18.6. The van der Waals surface area contributed by atoms with Gasteiger partial charge in [0.15, 0.2) is 0 Å². The summed E-state index contributed by atoms with van der Waals surface area (Å²) in [5, 5.41) is 11.0. The Balaban J connectivity index is 2.13. The lowest BCUT2D eigenvalue weighted by molar-refractivity contribution is -0.385. The maximum Gasteiger partial charge on any atom is 0.270 e. The van der Waals surface area contributed by atoms with Crippen LogP contribution in [0.5, 0.6) is 0 Å². The van der Waals surface area contributed by atoms with Crippen LogP contribution in [0.2, 0.25) is 0 Å². The zero-order chi connectivity index (χ0) is 19.4. The van der Waals surface area contributed by atoms with Crippen molar-refractivity contribution in [2.45, 2.75) is 11.8 Å². The van der Waals surface area contributed by atoms with E-state index >= 15 is 0 Å². The first-order valence-corrected chi connectivity index (χ1v) is 9.81. The summed E-state index contributed by atoms with van der Waals surface area (Å²) in [6.07, 6.45) is 0. The molecule has 3 aromatic rings. The molecule has 7 heteroatoms. The molecule has 0 N–H and O–H groups in total. The molecule has 6 nitrogen and oxygen atoms in total. The van der Waals surface area contributed by atoms with Crippen molar-refractivity contribution in [2.24, 2.45) is 0 Å². The van der Waals surface area contributed by atoms with Gasteiger partial charge < -0.3 is 0 Å². The summed E-state index contributed by atoms with van der Waals surface area (Å²) in [7, 11) is -3.96. The number of nitro groups is 1. The average molecular weight is 382 g/mol. The molecule has 0 atom stereocenters. The monoisotopic (exact) mass is 382 g/mol.